The Hall–Kier alpha value is -1.88. The Morgan fingerprint density at radius 1 is 1.29 bits per heavy atom. The Morgan fingerprint density at radius 2 is 1.94 bits per heavy atom. The summed E-state index contributed by atoms with van der Waals surface area (Å²) >= 11 is 0. The lowest BCUT2D eigenvalue weighted by Gasteiger charge is -2.10. The van der Waals surface area contributed by atoms with E-state index >= 15 is 0 Å². The van der Waals surface area contributed by atoms with Gasteiger partial charge in [0, 0.05) is 0 Å². The van der Waals surface area contributed by atoms with E-state index in [1.54, 1.807) is 0 Å². The molecule has 0 bridgehead atoms. The highest BCUT2D eigenvalue weighted by atomic mass is 16.4. The maximum absolute atomic E-state index is 11.5. The van der Waals surface area contributed by atoms with Crippen LogP contribution in [0.2, 0.25) is 0 Å². The van der Waals surface area contributed by atoms with Gasteiger partial charge in [0.2, 0.25) is 5.91 Å². The van der Waals surface area contributed by atoms with Crippen molar-refractivity contribution in [3.63, 3.8) is 0 Å². The molecule has 5 heteroatoms. The van der Waals surface area contributed by atoms with E-state index in [4.69, 9.17) is 5.11 Å². The summed E-state index contributed by atoms with van der Waals surface area (Å²) < 4.78 is 0. The number of hydrogen-bond donors (Lipinski definition) is 3. The summed E-state index contributed by atoms with van der Waals surface area (Å²) in [5, 5.41) is 13.9. The van der Waals surface area contributed by atoms with Crippen LogP contribution in [0, 0.1) is 0 Å². The molecule has 1 rings (SSSR count). The molecule has 1 amide bonds. The van der Waals surface area contributed by atoms with Gasteiger partial charge in [-0.1, -0.05) is 30.3 Å². The number of carboxylic acid groups (broad SMARTS) is 1. The number of amides is 1. The standard InChI is InChI=1S/C12H16N2O3/c1-9(12(16)17)13-8-14-11(15)7-10-5-3-2-4-6-10/h2-6,9,13H,7-8H2,1H3,(H,14,15)(H,16,17)/t9-/m0/s1. The Balaban J connectivity index is 2.25. The molecule has 0 fully saturated rings. The molecule has 92 valence electrons. The van der Waals surface area contributed by atoms with Gasteiger partial charge in [-0.2, -0.15) is 0 Å². The van der Waals surface area contributed by atoms with E-state index in [2.05, 4.69) is 10.6 Å². The van der Waals surface area contributed by atoms with Crippen LogP contribution in [-0.2, 0) is 16.0 Å². The lowest BCUT2D eigenvalue weighted by molar-refractivity contribution is -0.139. The van der Waals surface area contributed by atoms with Crippen LogP contribution in [-0.4, -0.2) is 29.7 Å². The lowest BCUT2D eigenvalue weighted by atomic mass is 10.1. The van der Waals surface area contributed by atoms with Crippen molar-refractivity contribution in [3.8, 4) is 0 Å². The van der Waals surface area contributed by atoms with Gasteiger partial charge in [-0.25, -0.2) is 0 Å². The first-order valence-electron chi connectivity index (χ1n) is 5.36. The highest BCUT2D eigenvalue weighted by Gasteiger charge is 2.09. The highest BCUT2D eigenvalue weighted by molar-refractivity contribution is 5.78. The molecule has 0 heterocycles. The van der Waals surface area contributed by atoms with Crippen LogP contribution < -0.4 is 10.6 Å². The number of hydrogen-bond acceptors (Lipinski definition) is 3. The molecule has 0 spiro atoms. The monoisotopic (exact) mass is 236 g/mol. The molecular formula is C12H16N2O3. The van der Waals surface area contributed by atoms with Gasteiger partial charge in [-0.15, -0.1) is 0 Å². The molecule has 0 aliphatic rings. The first-order valence-corrected chi connectivity index (χ1v) is 5.36. The minimum Gasteiger partial charge on any atom is -0.480 e. The number of nitrogens with one attached hydrogen (secondary N) is 2. The van der Waals surface area contributed by atoms with E-state index in [1.165, 1.54) is 6.92 Å². The normalized spacial score (nSPS) is 11.8. The lowest BCUT2D eigenvalue weighted by Crippen LogP contribution is -2.42. The van der Waals surface area contributed by atoms with Crippen LogP contribution in [0.15, 0.2) is 30.3 Å². The Kier molecular flexibility index (Phi) is 5.16. The number of rotatable bonds is 6. The van der Waals surface area contributed by atoms with Crippen LogP contribution in [0.4, 0.5) is 0 Å². The van der Waals surface area contributed by atoms with Gasteiger partial charge in [0.05, 0.1) is 13.1 Å². The molecule has 17 heavy (non-hydrogen) atoms. The summed E-state index contributed by atoms with van der Waals surface area (Å²) in [5.41, 5.74) is 0.927. The van der Waals surface area contributed by atoms with E-state index in [1.807, 2.05) is 30.3 Å². The molecule has 3 N–H and O–H groups in total. The molecule has 1 atom stereocenters. The zero-order valence-corrected chi connectivity index (χ0v) is 9.64. The molecule has 0 radical (unpaired) electrons. The molecule has 0 saturated heterocycles. The first kappa shape index (κ1) is 13.2. The predicted molar refractivity (Wildman–Crippen MR) is 63.4 cm³/mol. The van der Waals surface area contributed by atoms with Gasteiger partial charge in [0.25, 0.3) is 0 Å². The average molecular weight is 236 g/mol. The third-order valence-electron chi connectivity index (χ3n) is 2.27. The van der Waals surface area contributed by atoms with E-state index in [9.17, 15) is 9.59 Å². The van der Waals surface area contributed by atoms with Crippen LogP contribution >= 0.6 is 0 Å². The van der Waals surface area contributed by atoms with Gasteiger partial charge in [-0.05, 0) is 12.5 Å². The maximum Gasteiger partial charge on any atom is 0.320 e. The predicted octanol–water partition coefficient (Wildman–Crippen LogP) is 0.365. The number of carbonyl (C=O) groups excluding carboxylic acids is 1. The minimum absolute atomic E-state index is 0.138. The maximum atomic E-state index is 11.5. The quantitative estimate of drug-likeness (QED) is 0.623. The second-order valence-electron chi connectivity index (χ2n) is 3.70. The second kappa shape index (κ2) is 6.65. The fourth-order valence-electron chi connectivity index (χ4n) is 1.23. The van der Waals surface area contributed by atoms with E-state index < -0.39 is 12.0 Å². The van der Waals surface area contributed by atoms with Crippen molar-refractivity contribution < 1.29 is 14.7 Å². The summed E-state index contributed by atoms with van der Waals surface area (Å²) in [6.45, 7) is 1.67. The Labute approximate surface area is 99.8 Å². The molecule has 0 aliphatic carbocycles. The van der Waals surface area contributed by atoms with Crippen molar-refractivity contribution in [2.45, 2.75) is 19.4 Å². The van der Waals surface area contributed by atoms with Crippen molar-refractivity contribution in [2.24, 2.45) is 0 Å². The average Bonchev–Trinajstić information content (AvgIpc) is 2.30. The molecule has 0 aliphatic heterocycles. The molecule has 0 saturated carbocycles. The van der Waals surface area contributed by atoms with Crippen LogP contribution in [0.25, 0.3) is 0 Å². The third kappa shape index (κ3) is 5.12. The Bertz CT molecular complexity index is 379. The van der Waals surface area contributed by atoms with Crippen molar-refractivity contribution in [1.82, 2.24) is 10.6 Å². The zero-order chi connectivity index (χ0) is 12.7. The van der Waals surface area contributed by atoms with Gasteiger partial charge < -0.3 is 10.4 Å². The van der Waals surface area contributed by atoms with Crippen molar-refractivity contribution in [1.29, 1.82) is 0 Å². The first-order chi connectivity index (χ1) is 8.09. The van der Waals surface area contributed by atoms with Crippen molar-refractivity contribution in [2.75, 3.05) is 6.67 Å². The summed E-state index contributed by atoms with van der Waals surface area (Å²) in [6.07, 6.45) is 0.296. The Morgan fingerprint density at radius 3 is 2.53 bits per heavy atom. The fourth-order valence-corrected chi connectivity index (χ4v) is 1.23. The molecular weight excluding hydrogens is 220 g/mol. The summed E-state index contributed by atoms with van der Waals surface area (Å²) in [6, 6.07) is 8.69. The molecule has 5 nitrogen and oxygen atoms in total. The summed E-state index contributed by atoms with van der Waals surface area (Å²) in [4.78, 5) is 22.0. The van der Waals surface area contributed by atoms with Crippen LogP contribution in [0.5, 0.6) is 0 Å². The van der Waals surface area contributed by atoms with Gasteiger partial charge in [0.15, 0.2) is 0 Å². The van der Waals surface area contributed by atoms with E-state index in [0.717, 1.165) is 5.56 Å². The SMILES string of the molecule is C[C@H](NCNC(=O)Cc1ccccc1)C(=O)O. The van der Waals surface area contributed by atoms with Gasteiger partial charge >= 0.3 is 5.97 Å². The smallest absolute Gasteiger partial charge is 0.320 e. The fraction of sp³-hybridized carbons (Fsp3) is 0.333. The topological polar surface area (TPSA) is 78.4 Å². The van der Waals surface area contributed by atoms with Crippen LogP contribution in [0.1, 0.15) is 12.5 Å². The number of aliphatic carboxylic acids is 1. The van der Waals surface area contributed by atoms with Crippen LogP contribution in [0.3, 0.4) is 0 Å². The minimum atomic E-state index is -0.942. The molecule has 0 aromatic heterocycles. The molecule has 0 unspecified atom stereocenters. The summed E-state index contributed by atoms with van der Waals surface area (Å²) in [7, 11) is 0. The van der Waals surface area contributed by atoms with E-state index in [-0.39, 0.29) is 12.6 Å². The van der Waals surface area contributed by atoms with Gasteiger partial charge in [-0.3, -0.25) is 14.9 Å². The highest BCUT2D eigenvalue weighted by Crippen LogP contribution is 1.98. The number of benzene rings is 1. The van der Waals surface area contributed by atoms with E-state index in [0.29, 0.717) is 6.42 Å². The molecule has 1 aromatic rings. The zero-order valence-electron chi connectivity index (χ0n) is 9.64. The number of carboxylic acids is 1. The second-order valence-corrected chi connectivity index (χ2v) is 3.70. The largest absolute Gasteiger partial charge is 0.480 e. The van der Waals surface area contributed by atoms with Crippen molar-refractivity contribution in [3.05, 3.63) is 35.9 Å². The summed E-state index contributed by atoms with van der Waals surface area (Å²) in [5.74, 6) is -1.08. The van der Waals surface area contributed by atoms with Crippen molar-refractivity contribution >= 4 is 11.9 Å². The number of carbonyl (C=O) groups is 2. The third-order valence-corrected chi connectivity index (χ3v) is 2.27. The molecule has 1 aromatic carbocycles. The van der Waals surface area contributed by atoms with Gasteiger partial charge in [0.1, 0.15) is 6.04 Å².